The molecule has 3 rings (SSSR count). The maximum absolute atomic E-state index is 12.8. The highest BCUT2D eigenvalue weighted by atomic mass is 32.2. The van der Waals surface area contributed by atoms with E-state index in [0.717, 1.165) is 25.0 Å². The van der Waals surface area contributed by atoms with Crippen molar-refractivity contribution >= 4 is 23.6 Å². The lowest BCUT2D eigenvalue weighted by molar-refractivity contribution is -0.139. The number of rotatable bonds is 4. The molecule has 2 aliphatic carbocycles. The van der Waals surface area contributed by atoms with E-state index in [1.165, 1.54) is 19.3 Å². The van der Waals surface area contributed by atoms with Gasteiger partial charge in [-0.25, -0.2) is 0 Å². The summed E-state index contributed by atoms with van der Waals surface area (Å²) in [5.74, 6) is 2.59. The van der Waals surface area contributed by atoms with E-state index in [2.05, 4.69) is 5.32 Å². The summed E-state index contributed by atoms with van der Waals surface area (Å²) in [6, 6.07) is 0.281. The fraction of sp³-hybridized carbons (Fsp3) is 0.882. The molecule has 0 aromatic heterocycles. The molecule has 2 saturated carbocycles. The van der Waals surface area contributed by atoms with Crippen LogP contribution in [0.4, 0.5) is 0 Å². The molecule has 3 aliphatic rings. The fourth-order valence-corrected chi connectivity index (χ4v) is 5.73. The molecule has 5 nitrogen and oxygen atoms in total. The monoisotopic (exact) mass is 339 g/mol. The molecular formula is C17H29N3O2S. The lowest BCUT2D eigenvalue weighted by Gasteiger charge is -2.45. The Morgan fingerprint density at radius 3 is 2.61 bits per heavy atom. The summed E-state index contributed by atoms with van der Waals surface area (Å²) in [6.07, 6.45) is 7.03. The zero-order chi connectivity index (χ0) is 16.4. The summed E-state index contributed by atoms with van der Waals surface area (Å²) >= 11 is 1.68. The number of hydrogen-bond acceptors (Lipinski definition) is 4. The summed E-state index contributed by atoms with van der Waals surface area (Å²) in [4.78, 5) is 26.8. The zero-order valence-corrected chi connectivity index (χ0v) is 14.8. The largest absolute Gasteiger partial charge is 0.351 e. The van der Waals surface area contributed by atoms with Crippen LogP contribution in [0.15, 0.2) is 0 Å². The molecule has 3 N–H and O–H groups in total. The Morgan fingerprint density at radius 1 is 1.26 bits per heavy atom. The summed E-state index contributed by atoms with van der Waals surface area (Å²) in [6.45, 7) is 2.00. The van der Waals surface area contributed by atoms with Gasteiger partial charge in [0.1, 0.15) is 6.04 Å². The van der Waals surface area contributed by atoms with Crippen molar-refractivity contribution in [2.75, 3.05) is 11.6 Å². The van der Waals surface area contributed by atoms with E-state index in [0.29, 0.717) is 30.2 Å². The topological polar surface area (TPSA) is 75.4 Å². The highest BCUT2D eigenvalue weighted by Crippen LogP contribution is 2.39. The lowest BCUT2D eigenvalue weighted by atomic mass is 9.67. The SMILES string of the molecule is CCCC(=O)N1CSCC1C(=O)NC1C2CCCC1CC(N)C2. The predicted molar refractivity (Wildman–Crippen MR) is 92.8 cm³/mol. The van der Waals surface area contributed by atoms with Crippen molar-refractivity contribution in [3.05, 3.63) is 0 Å². The second kappa shape index (κ2) is 7.43. The molecule has 0 spiro atoms. The quantitative estimate of drug-likeness (QED) is 0.818. The first-order valence-corrected chi connectivity index (χ1v) is 10.2. The molecule has 2 bridgehead atoms. The van der Waals surface area contributed by atoms with Crippen LogP contribution in [0.5, 0.6) is 0 Å². The Kier molecular flexibility index (Phi) is 5.52. The van der Waals surface area contributed by atoms with Gasteiger partial charge < -0.3 is 16.0 Å². The molecule has 0 aromatic carbocycles. The van der Waals surface area contributed by atoms with Gasteiger partial charge in [-0.3, -0.25) is 9.59 Å². The minimum absolute atomic E-state index is 0.0526. The Hall–Kier alpha value is -0.750. The molecule has 130 valence electrons. The van der Waals surface area contributed by atoms with E-state index in [-0.39, 0.29) is 23.9 Å². The molecule has 23 heavy (non-hydrogen) atoms. The van der Waals surface area contributed by atoms with E-state index in [9.17, 15) is 9.59 Å². The molecule has 3 fully saturated rings. The second-order valence-corrected chi connectivity index (χ2v) is 8.35. The number of carbonyl (C=O) groups excluding carboxylic acids is 2. The van der Waals surface area contributed by atoms with Gasteiger partial charge in [-0.1, -0.05) is 13.3 Å². The van der Waals surface area contributed by atoms with E-state index < -0.39 is 0 Å². The average Bonchev–Trinajstić information content (AvgIpc) is 2.98. The van der Waals surface area contributed by atoms with E-state index in [1.807, 2.05) is 6.92 Å². The third-order valence-electron chi connectivity index (χ3n) is 5.65. The maximum atomic E-state index is 12.8. The van der Waals surface area contributed by atoms with Crippen molar-refractivity contribution in [3.8, 4) is 0 Å². The van der Waals surface area contributed by atoms with Gasteiger partial charge in [0, 0.05) is 24.3 Å². The first kappa shape index (κ1) is 17.1. The number of amides is 2. The number of fused-ring (bicyclic) bond motifs is 2. The van der Waals surface area contributed by atoms with Crippen molar-refractivity contribution in [1.82, 2.24) is 10.2 Å². The lowest BCUT2D eigenvalue weighted by Crippen LogP contribution is -2.57. The van der Waals surface area contributed by atoms with Gasteiger partial charge in [0.25, 0.3) is 0 Å². The van der Waals surface area contributed by atoms with Gasteiger partial charge in [-0.2, -0.15) is 0 Å². The van der Waals surface area contributed by atoms with Gasteiger partial charge in [0.15, 0.2) is 0 Å². The number of nitrogens with one attached hydrogen (secondary N) is 1. The van der Waals surface area contributed by atoms with Crippen molar-refractivity contribution in [1.29, 1.82) is 0 Å². The molecule has 1 aliphatic heterocycles. The van der Waals surface area contributed by atoms with Crippen LogP contribution in [-0.4, -0.2) is 46.5 Å². The minimum Gasteiger partial charge on any atom is -0.351 e. The van der Waals surface area contributed by atoms with Crippen LogP contribution in [0.1, 0.15) is 51.9 Å². The van der Waals surface area contributed by atoms with E-state index in [4.69, 9.17) is 5.73 Å². The zero-order valence-electron chi connectivity index (χ0n) is 14.0. The number of carbonyl (C=O) groups is 2. The van der Waals surface area contributed by atoms with E-state index in [1.54, 1.807) is 16.7 Å². The molecule has 6 heteroatoms. The maximum Gasteiger partial charge on any atom is 0.243 e. The van der Waals surface area contributed by atoms with Crippen LogP contribution in [0, 0.1) is 11.8 Å². The summed E-state index contributed by atoms with van der Waals surface area (Å²) in [5, 5.41) is 3.31. The Balaban J connectivity index is 1.63. The third-order valence-corrected chi connectivity index (χ3v) is 6.67. The average molecular weight is 340 g/mol. The smallest absolute Gasteiger partial charge is 0.243 e. The second-order valence-electron chi connectivity index (χ2n) is 7.35. The Labute approximate surface area is 143 Å². The highest BCUT2D eigenvalue weighted by Gasteiger charge is 2.42. The van der Waals surface area contributed by atoms with Crippen molar-refractivity contribution in [2.24, 2.45) is 17.6 Å². The number of nitrogens with two attached hydrogens (primary N) is 1. The van der Waals surface area contributed by atoms with E-state index >= 15 is 0 Å². The summed E-state index contributed by atoms with van der Waals surface area (Å²) in [5.41, 5.74) is 6.17. The number of thioether (sulfide) groups is 1. The number of nitrogens with zero attached hydrogens (tertiary/aromatic N) is 1. The molecule has 0 aromatic rings. The van der Waals surface area contributed by atoms with Gasteiger partial charge in [-0.15, -0.1) is 11.8 Å². The van der Waals surface area contributed by atoms with Gasteiger partial charge >= 0.3 is 0 Å². The van der Waals surface area contributed by atoms with Gasteiger partial charge in [0.05, 0.1) is 5.88 Å². The normalized spacial score (nSPS) is 36.8. The first-order chi connectivity index (χ1) is 11.1. The fourth-order valence-electron chi connectivity index (χ4n) is 4.55. The van der Waals surface area contributed by atoms with Crippen LogP contribution in [0.3, 0.4) is 0 Å². The Bertz CT molecular complexity index is 445. The third kappa shape index (κ3) is 3.68. The standard InChI is InChI=1S/C17H29N3O2S/c1-2-4-15(21)20-10-23-9-14(20)17(22)19-16-11-5-3-6-12(16)8-13(18)7-11/h11-14,16H,2-10,18H2,1H3,(H,19,22). The van der Waals surface area contributed by atoms with Crippen LogP contribution in [0.25, 0.3) is 0 Å². The van der Waals surface area contributed by atoms with Crippen LogP contribution >= 0.6 is 11.8 Å². The molecule has 3 unspecified atom stereocenters. The first-order valence-electron chi connectivity index (χ1n) is 9.03. The van der Waals surface area contributed by atoms with Crippen molar-refractivity contribution in [2.45, 2.75) is 70.0 Å². The highest BCUT2D eigenvalue weighted by molar-refractivity contribution is 7.99. The van der Waals surface area contributed by atoms with Crippen molar-refractivity contribution in [3.63, 3.8) is 0 Å². The van der Waals surface area contributed by atoms with Crippen LogP contribution in [-0.2, 0) is 9.59 Å². The molecule has 1 heterocycles. The minimum atomic E-state index is -0.282. The molecular weight excluding hydrogens is 310 g/mol. The van der Waals surface area contributed by atoms with Crippen LogP contribution < -0.4 is 11.1 Å². The van der Waals surface area contributed by atoms with Crippen LogP contribution in [0.2, 0.25) is 0 Å². The molecule has 2 amide bonds. The number of hydrogen-bond donors (Lipinski definition) is 2. The van der Waals surface area contributed by atoms with Crippen molar-refractivity contribution < 1.29 is 9.59 Å². The molecule has 0 radical (unpaired) electrons. The Morgan fingerprint density at radius 2 is 1.96 bits per heavy atom. The van der Waals surface area contributed by atoms with Gasteiger partial charge in [-0.05, 0) is 43.9 Å². The predicted octanol–water partition coefficient (Wildman–Crippen LogP) is 1.71. The summed E-state index contributed by atoms with van der Waals surface area (Å²) < 4.78 is 0. The summed E-state index contributed by atoms with van der Waals surface area (Å²) in [7, 11) is 0. The van der Waals surface area contributed by atoms with Gasteiger partial charge in [0.2, 0.25) is 11.8 Å². The molecule has 1 saturated heterocycles. The molecule has 3 atom stereocenters.